The highest BCUT2D eigenvalue weighted by atomic mass is 19.4. The first-order chi connectivity index (χ1) is 17.9. The van der Waals surface area contributed by atoms with E-state index < -0.39 is 11.7 Å². The molecule has 2 aliphatic rings. The monoisotopic (exact) mass is 503 g/mol. The summed E-state index contributed by atoms with van der Waals surface area (Å²) in [5.74, 6) is 0. The molecule has 1 aliphatic carbocycles. The topological polar surface area (TPSA) is 21.3 Å². The van der Waals surface area contributed by atoms with Gasteiger partial charge in [0.1, 0.15) is 0 Å². The molecule has 0 amide bonds. The molecule has 1 aliphatic heterocycles. The van der Waals surface area contributed by atoms with Gasteiger partial charge in [-0.3, -0.25) is 0 Å². The van der Waals surface area contributed by atoms with Crippen LogP contribution >= 0.6 is 0 Å². The molecule has 0 bridgehead atoms. The highest BCUT2D eigenvalue weighted by Crippen LogP contribution is 2.41. The van der Waals surface area contributed by atoms with Gasteiger partial charge in [-0.15, -0.1) is 0 Å². The summed E-state index contributed by atoms with van der Waals surface area (Å²) >= 11 is 0. The maximum atomic E-state index is 13.9. The molecule has 1 saturated heterocycles. The van der Waals surface area contributed by atoms with E-state index in [1.165, 1.54) is 17.7 Å². The largest absolute Gasteiger partial charge is 0.416 e. The van der Waals surface area contributed by atoms with Gasteiger partial charge >= 0.3 is 6.18 Å². The zero-order valence-electron chi connectivity index (χ0n) is 20.9. The number of piperidine rings is 1. The van der Waals surface area contributed by atoms with Crippen molar-refractivity contribution >= 4 is 0 Å². The fourth-order valence-corrected chi connectivity index (χ4v) is 5.49. The first kappa shape index (κ1) is 25.5. The van der Waals surface area contributed by atoms with Crippen molar-refractivity contribution in [3.05, 3.63) is 108 Å². The van der Waals surface area contributed by atoms with Gasteiger partial charge in [-0.05, 0) is 90.9 Å². The van der Waals surface area contributed by atoms with E-state index in [0.29, 0.717) is 17.7 Å². The molecule has 3 aromatic rings. The van der Waals surface area contributed by atoms with Gasteiger partial charge in [0.2, 0.25) is 0 Å². The SMILES string of the molecule is FC(F)(F)c1cc(COCC2(C3=CC=CCC3)CCNCC2)cc(-c2cccc(-c3ccccc3)c2)c1. The van der Waals surface area contributed by atoms with Crippen LogP contribution in [0.4, 0.5) is 13.2 Å². The van der Waals surface area contributed by atoms with Gasteiger partial charge in [-0.2, -0.15) is 13.2 Å². The highest BCUT2D eigenvalue weighted by molar-refractivity contribution is 5.73. The molecule has 0 saturated carbocycles. The molecule has 37 heavy (non-hydrogen) atoms. The number of hydrogen-bond donors (Lipinski definition) is 1. The number of ether oxygens (including phenoxy) is 1. The molecule has 0 unspecified atom stereocenters. The van der Waals surface area contributed by atoms with Gasteiger partial charge in [-0.1, -0.05) is 72.3 Å². The molecule has 5 rings (SSSR count). The van der Waals surface area contributed by atoms with Crippen molar-refractivity contribution in [2.24, 2.45) is 5.41 Å². The van der Waals surface area contributed by atoms with E-state index >= 15 is 0 Å². The standard InChI is InChI=1S/C32H32F3NO/c33-32(34,35)30-19-24(22-37-23-31(14-16-36-17-15-31)29-12-5-2-6-13-29)18-28(21-30)27-11-7-10-26(20-27)25-8-3-1-4-9-25/h1-5,7-12,18-21,36H,6,13-17,22-23H2. The first-order valence-corrected chi connectivity index (χ1v) is 12.9. The summed E-state index contributed by atoms with van der Waals surface area (Å²) in [5.41, 5.74) is 4.53. The minimum atomic E-state index is -4.43. The fraction of sp³-hybridized carbons (Fsp3) is 0.312. The second-order valence-electron chi connectivity index (χ2n) is 10.0. The second kappa shape index (κ2) is 11.1. The quantitative estimate of drug-likeness (QED) is 0.351. The van der Waals surface area contributed by atoms with Crippen LogP contribution in [0.2, 0.25) is 0 Å². The van der Waals surface area contributed by atoms with Crippen molar-refractivity contribution in [1.82, 2.24) is 5.32 Å². The normalized spacial score (nSPS) is 17.4. The summed E-state index contributed by atoms with van der Waals surface area (Å²) in [6.45, 7) is 2.52. The van der Waals surface area contributed by atoms with E-state index in [0.717, 1.165) is 55.5 Å². The molecule has 0 spiro atoms. The van der Waals surface area contributed by atoms with Crippen LogP contribution in [0.1, 0.15) is 36.8 Å². The van der Waals surface area contributed by atoms with Gasteiger partial charge in [0.15, 0.2) is 0 Å². The summed E-state index contributed by atoms with van der Waals surface area (Å²) < 4.78 is 47.8. The predicted molar refractivity (Wildman–Crippen MR) is 143 cm³/mol. The van der Waals surface area contributed by atoms with Gasteiger partial charge in [0, 0.05) is 5.41 Å². The number of allylic oxidation sites excluding steroid dienone is 3. The first-order valence-electron chi connectivity index (χ1n) is 12.9. The fourth-order valence-electron chi connectivity index (χ4n) is 5.49. The minimum absolute atomic E-state index is 0.0511. The van der Waals surface area contributed by atoms with Crippen molar-refractivity contribution in [3.63, 3.8) is 0 Å². The minimum Gasteiger partial charge on any atom is -0.376 e. The molecule has 0 atom stereocenters. The average molecular weight is 504 g/mol. The highest BCUT2D eigenvalue weighted by Gasteiger charge is 2.36. The van der Waals surface area contributed by atoms with Crippen molar-refractivity contribution in [2.75, 3.05) is 19.7 Å². The Morgan fingerprint density at radius 2 is 1.54 bits per heavy atom. The van der Waals surface area contributed by atoms with Crippen LogP contribution in [-0.4, -0.2) is 19.7 Å². The van der Waals surface area contributed by atoms with Crippen LogP contribution in [0, 0.1) is 5.41 Å². The van der Waals surface area contributed by atoms with E-state index in [1.807, 2.05) is 60.7 Å². The van der Waals surface area contributed by atoms with Crippen LogP contribution in [0.15, 0.2) is 96.6 Å². The summed E-state index contributed by atoms with van der Waals surface area (Å²) in [7, 11) is 0. The molecule has 1 heterocycles. The maximum Gasteiger partial charge on any atom is 0.416 e. The Kier molecular flexibility index (Phi) is 7.63. The Hall–Kier alpha value is -3.15. The molecule has 2 nitrogen and oxygen atoms in total. The van der Waals surface area contributed by atoms with Crippen molar-refractivity contribution < 1.29 is 17.9 Å². The van der Waals surface area contributed by atoms with Crippen LogP contribution in [0.3, 0.4) is 0 Å². The number of hydrogen-bond acceptors (Lipinski definition) is 2. The van der Waals surface area contributed by atoms with Gasteiger partial charge < -0.3 is 10.1 Å². The number of nitrogens with one attached hydrogen (secondary N) is 1. The molecular weight excluding hydrogens is 471 g/mol. The zero-order chi connectivity index (χ0) is 25.7. The lowest BCUT2D eigenvalue weighted by atomic mass is 9.71. The third-order valence-corrected chi connectivity index (χ3v) is 7.53. The number of alkyl halides is 3. The van der Waals surface area contributed by atoms with Gasteiger partial charge in [0.05, 0.1) is 18.8 Å². The molecule has 0 radical (unpaired) electrons. The van der Waals surface area contributed by atoms with Crippen LogP contribution in [0.5, 0.6) is 0 Å². The van der Waals surface area contributed by atoms with E-state index in [9.17, 15) is 13.2 Å². The van der Waals surface area contributed by atoms with E-state index in [2.05, 4.69) is 23.5 Å². The van der Waals surface area contributed by atoms with Crippen LogP contribution in [-0.2, 0) is 17.5 Å². The van der Waals surface area contributed by atoms with Gasteiger partial charge in [-0.25, -0.2) is 0 Å². The number of benzene rings is 3. The maximum absolute atomic E-state index is 13.9. The Labute approximate surface area is 216 Å². The zero-order valence-corrected chi connectivity index (χ0v) is 20.9. The molecule has 5 heteroatoms. The second-order valence-corrected chi connectivity index (χ2v) is 10.0. The Morgan fingerprint density at radius 1 is 0.811 bits per heavy atom. The lowest BCUT2D eigenvalue weighted by Crippen LogP contribution is -2.41. The average Bonchev–Trinajstić information content (AvgIpc) is 2.94. The Bertz CT molecular complexity index is 1270. The van der Waals surface area contributed by atoms with E-state index in [-0.39, 0.29) is 12.0 Å². The molecule has 1 N–H and O–H groups in total. The van der Waals surface area contributed by atoms with Crippen LogP contribution < -0.4 is 5.32 Å². The van der Waals surface area contributed by atoms with Crippen molar-refractivity contribution in [1.29, 1.82) is 0 Å². The van der Waals surface area contributed by atoms with E-state index in [1.54, 1.807) is 0 Å². The summed E-state index contributed by atoms with van der Waals surface area (Å²) in [4.78, 5) is 0. The number of rotatable bonds is 7. The molecule has 192 valence electrons. The summed E-state index contributed by atoms with van der Waals surface area (Å²) in [5, 5.41) is 3.43. The molecular formula is C32H32F3NO. The molecule has 0 aromatic heterocycles. The Balaban J connectivity index is 1.40. The summed E-state index contributed by atoms with van der Waals surface area (Å²) in [6.07, 6.45) is 6.07. The lowest BCUT2D eigenvalue weighted by Gasteiger charge is -2.40. The number of halogens is 3. The third kappa shape index (κ3) is 6.06. The molecule has 3 aromatic carbocycles. The van der Waals surface area contributed by atoms with E-state index in [4.69, 9.17) is 4.74 Å². The van der Waals surface area contributed by atoms with Crippen LogP contribution in [0.25, 0.3) is 22.3 Å². The van der Waals surface area contributed by atoms with Crippen molar-refractivity contribution in [2.45, 2.75) is 38.5 Å². The molecule has 1 fully saturated rings. The smallest absolute Gasteiger partial charge is 0.376 e. The third-order valence-electron chi connectivity index (χ3n) is 7.53. The predicted octanol–water partition coefficient (Wildman–Crippen LogP) is 8.20. The van der Waals surface area contributed by atoms with Gasteiger partial charge in [0.25, 0.3) is 0 Å². The summed E-state index contributed by atoms with van der Waals surface area (Å²) in [6, 6.07) is 21.8. The van der Waals surface area contributed by atoms with Crippen molar-refractivity contribution in [3.8, 4) is 22.3 Å². The Morgan fingerprint density at radius 3 is 2.24 bits per heavy atom. The lowest BCUT2D eigenvalue weighted by molar-refractivity contribution is -0.137.